The molecule has 2 saturated heterocycles. The van der Waals surface area contributed by atoms with Gasteiger partial charge in [0.15, 0.2) is 0 Å². The molecule has 3 heterocycles. The van der Waals surface area contributed by atoms with Gasteiger partial charge in [-0.1, -0.05) is 0 Å². The molecule has 0 spiro atoms. The van der Waals surface area contributed by atoms with Crippen molar-refractivity contribution in [2.24, 2.45) is 13.0 Å². The molecule has 1 aromatic rings. The fourth-order valence-corrected chi connectivity index (χ4v) is 2.83. The number of likely N-dealkylation sites (tertiary alicyclic amines) is 2. The van der Waals surface area contributed by atoms with Crippen LogP contribution in [-0.4, -0.2) is 62.6 Å². The molecule has 116 valence electrons. The highest BCUT2D eigenvalue weighted by molar-refractivity contribution is 5.80. The van der Waals surface area contributed by atoms with Gasteiger partial charge in [0.1, 0.15) is 12.2 Å². The first kappa shape index (κ1) is 14.4. The number of carbonyl (C=O) groups excluding carboxylic acids is 1. The van der Waals surface area contributed by atoms with E-state index in [1.165, 1.54) is 6.33 Å². The minimum absolute atomic E-state index is 0.0136. The number of aromatic nitrogens is 3. The first-order chi connectivity index (χ1) is 9.94. The number of alkyl halides is 2. The van der Waals surface area contributed by atoms with Crippen molar-refractivity contribution in [1.29, 1.82) is 0 Å². The first-order valence-corrected chi connectivity index (χ1v) is 7.16. The summed E-state index contributed by atoms with van der Waals surface area (Å²) in [6.45, 7) is 2.34. The molecule has 0 radical (unpaired) electrons. The second-order valence-corrected chi connectivity index (χ2v) is 5.87. The lowest BCUT2D eigenvalue weighted by molar-refractivity contribution is -0.147. The van der Waals surface area contributed by atoms with Crippen LogP contribution in [0.3, 0.4) is 0 Å². The van der Waals surface area contributed by atoms with Crippen molar-refractivity contribution >= 4 is 5.91 Å². The summed E-state index contributed by atoms with van der Waals surface area (Å²) in [6.07, 6.45) is 1.08. The maximum absolute atomic E-state index is 13.1. The quantitative estimate of drug-likeness (QED) is 0.816. The third-order valence-electron chi connectivity index (χ3n) is 4.28. The number of halogens is 2. The number of hydrogen-bond acceptors (Lipinski definition) is 4. The van der Waals surface area contributed by atoms with Gasteiger partial charge >= 0.3 is 0 Å². The van der Waals surface area contributed by atoms with Gasteiger partial charge in [0.2, 0.25) is 5.91 Å². The minimum Gasteiger partial charge on any atom is -0.342 e. The van der Waals surface area contributed by atoms with Gasteiger partial charge in [-0.25, -0.2) is 13.8 Å². The van der Waals surface area contributed by atoms with Crippen LogP contribution in [0.1, 0.15) is 18.7 Å². The Morgan fingerprint density at radius 3 is 2.62 bits per heavy atom. The zero-order valence-corrected chi connectivity index (χ0v) is 12.0. The molecule has 0 N–H and O–H groups in total. The van der Waals surface area contributed by atoms with Gasteiger partial charge in [-0.05, 0) is 0 Å². The Morgan fingerprint density at radius 1 is 1.38 bits per heavy atom. The number of carbonyl (C=O) groups is 1. The minimum atomic E-state index is -2.60. The van der Waals surface area contributed by atoms with Crippen molar-refractivity contribution in [3.63, 3.8) is 0 Å². The summed E-state index contributed by atoms with van der Waals surface area (Å²) >= 11 is 0. The van der Waals surface area contributed by atoms with Crippen LogP contribution in [0.5, 0.6) is 0 Å². The molecular formula is C13H19F2N5O. The van der Waals surface area contributed by atoms with Crippen LogP contribution in [0.4, 0.5) is 8.78 Å². The molecule has 8 heteroatoms. The third kappa shape index (κ3) is 3.04. The number of piperidine rings is 1. The van der Waals surface area contributed by atoms with Gasteiger partial charge in [0.25, 0.3) is 5.92 Å². The summed E-state index contributed by atoms with van der Waals surface area (Å²) in [6, 6.07) is 0. The molecule has 0 aromatic carbocycles. The topological polar surface area (TPSA) is 54.3 Å². The summed E-state index contributed by atoms with van der Waals surface area (Å²) in [7, 11) is 1.83. The van der Waals surface area contributed by atoms with Crippen LogP contribution in [0.25, 0.3) is 0 Å². The smallest absolute Gasteiger partial charge is 0.251 e. The van der Waals surface area contributed by atoms with E-state index in [2.05, 4.69) is 15.0 Å². The van der Waals surface area contributed by atoms with Gasteiger partial charge in [0, 0.05) is 46.1 Å². The summed E-state index contributed by atoms with van der Waals surface area (Å²) in [5.41, 5.74) is 0. The zero-order chi connectivity index (χ0) is 15.0. The molecule has 2 fully saturated rings. The van der Waals surface area contributed by atoms with Crippen LogP contribution in [0.15, 0.2) is 6.33 Å². The Hall–Kier alpha value is -1.57. The standard InChI is InChI=1S/C13H19F2N5O/c1-18-11(16-9-17-18)8-19-6-10(7-19)12(21)20-4-2-13(14,15)3-5-20/h9-10H,2-8H2,1H3. The maximum Gasteiger partial charge on any atom is 0.251 e. The number of aryl methyl sites for hydroxylation is 1. The molecule has 21 heavy (non-hydrogen) atoms. The summed E-state index contributed by atoms with van der Waals surface area (Å²) in [5, 5.41) is 4.00. The molecule has 0 aliphatic carbocycles. The van der Waals surface area contributed by atoms with Crippen LogP contribution >= 0.6 is 0 Å². The van der Waals surface area contributed by atoms with Gasteiger partial charge in [-0.15, -0.1) is 0 Å². The van der Waals surface area contributed by atoms with Crippen molar-refractivity contribution in [3.05, 3.63) is 12.2 Å². The molecule has 0 saturated carbocycles. The fraction of sp³-hybridized carbons (Fsp3) is 0.769. The summed E-state index contributed by atoms with van der Waals surface area (Å²) < 4.78 is 27.9. The van der Waals surface area contributed by atoms with Crippen molar-refractivity contribution in [1.82, 2.24) is 24.6 Å². The monoisotopic (exact) mass is 299 g/mol. The van der Waals surface area contributed by atoms with Gasteiger partial charge in [-0.2, -0.15) is 5.10 Å². The largest absolute Gasteiger partial charge is 0.342 e. The van der Waals surface area contributed by atoms with Gasteiger partial charge in [0.05, 0.1) is 12.5 Å². The Labute approximate surface area is 121 Å². The van der Waals surface area contributed by atoms with E-state index >= 15 is 0 Å². The molecule has 2 aliphatic rings. The maximum atomic E-state index is 13.1. The van der Waals surface area contributed by atoms with E-state index in [0.29, 0.717) is 19.6 Å². The van der Waals surface area contributed by atoms with Crippen LogP contribution in [-0.2, 0) is 18.4 Å². The van der Waals surface area contributed by atoms with E-state index < -0.39 is 5.92 Å². The molecule has 2 aliphatic heterocycles. The molecule has 6 nitrogen and oxygen atoms in total. The predicted octanol–water partition coefficient (Wildman–Crippen LogP) is 0.505. The highest BCUT2D eigenvalue weighted by Crippen LogP contribution is 2.29. The predicted molar refractivity (Wildman–Crippen MR) is 70.5 cm³/mol. The lowest BCUT2D eigenvalue weighted by Crippen LogP contribution is -2.56. The average molecular weight is 299 g/mol. The Kier molecular flexibility index (Phi) is 3.64. The van der Waals surface area contributed by atoms with E-state index in [1.807, 2.05) is 7.05 Å². The Balaban J connectivity index is 1.46. The normalized spacial score (nSPS) is 23.1. The third-order valence-corrected chi connectivity index (χ3v) is 4.28. The lowest BCUT2D eigenvalue weighted by atomic mass is 9.96. The molecule has 1 aromatic heterocycles. The van der Waals surface area contributed by atoms with Crippen molar-refractivity contribution in [3.8, 4) is 0 Å². The van der Waals surface area contributed by atoms with Gasteiger partial charge in [-0.3, -0.25) is 14.4 Å². The molecule has 0 bridgehead atoms. The Bertz CT molecular complexity index is 516. The summed E-state index contributed by atoms with van der Waals surface area (Å²) in [5.74, 6) is -1.80. The second-order valence-electron chi connectivity index (χ2n) is 5.87. The van der Waals surface area contributed by atoms with E-state index in [0.717, 1.165) is 5.82 Å². The second kappa shape index (κ2) is 5.32. The van der Waals surface area contributed by atoms with E-state index in [4.69, 9.17) is 0 Å². The van der Waals surface area contributed by atoms with Crippen molar-refractivity contribution < 1.29 is 13.6 Å². The number of nitrogens with zero attached hydrogens (tertiary/aromatic N) is 5. The molecule has 1 amide bonds. The van der Waals surface area contributed by atoms with E-state index in [1.54, 1.807) is 9.58 Å². The molecule has 0 atom stereocenters. The zero-order valence-electron chi connectivity index (χ0n) is 12.0. The first-order valence-electron chi connectivity index (χ1n) is 7.16. The SMILES string of the molecule is Cn1ncnc1CN1CC(C(=O)N2CCC(F)(F)CC2)C1. The van der Waals surface area contributed by atoms with Crippen LogP contribution < -0.4 is 0 Å². The fourth-order valence-electron chi connectivity index (χ4n) is 2.83. The van der Waals surface area contributed by atoms with Crippen molar-refractivity contribution in [2.75, 3.05) is 26.2 Å². The number of amides is 1. The number of rotatable bonds is 3. The molecule has 3 rings (SSSR count). The van der Waals surface area contributed by atoms with E-state index in [9.17, 15) is 13.6 Å². The molecular weight excluding hydrogens is 280 g/mol. The Morgan fingerprint density at radius 2 is 2.05 bits per heavy atom. The number of hydrogen-bond donors (Lipinski definition) is 0. The van der Waals surface area contributed by atoms with Gasteiger partial charge < -0.3 is 4.90 Å². The lowest BCUT2D eigenvalue weighted by Gasteiger charge is -2.41. The highest BCUT2D eigenvalue weighted by atomic mass is 19.3. The van der Waals surface area contributed by atoms with Crippen LogP contribution in [0, 0.1) is 5.92 Å². The summed E-state index contributed by atoms with van der Waals surface area (Å²) in [4.78, 5) is 20.1. The highest BCUT2D eigenvalue weighted by Gasteiger charge is 2.40. The van der Waals surface area contributed by atoms with Crippen LogP contribution in [0.2, 0.25) is 0 Å². The van der Waals surface area contributed by atoms with Crippen molar-refractivity contribution in [2.45, 2.75) is 25.3 Å². The van der Waals surface area contributed by atoms with E-state index in [-0.39, 0.29) is 37.8 Å². The molecule has 0 unspecified atom stereocenters. The average Bonchev–Trinajstić information content (AvgIpc) is 2.78.